The van der Waals surface area contributed by atoms with Crippen molar-refractivity contribution in [3.63, 3.8) is 0 Å². The van der Waals surface area contributed by atoms with E-state index in [9.17, 15) is 14.7 Å². The number of carboxylic acids is 1. The van der Waals surface area contributed by atoms with Crippen molar-refractivity contribution in [2.75, 3.05) is 0 Å². The summed E-state index contributed by atoms with van der Waals surface area (Å²) in [7, 11) is 0. The maximum atomic E-state index is 12.1. The van der Waals surface area contributed by atoms with Crippen molar-refractivity contribution >= 4 is 12.0 Å². The standard InChI is InChI=1S/C16H30N2O3/c1-3-4-7-10-13(2)17-15(21)18-16(14(19)20)11-8-5-6-9-12-16/h13H,3-12H2,1-2H3,(H,19,20)(H2,17,18,21). The molecule has 0 aromatic rings. The van der Waals surface area contributed by atoms with Crippen molar-refractivity contribution in [3.05, 3.63) is 0 Å². The van der Waals surface area contributed by atoms with Crippen molar-refractivity contribution in [2.45, 2.75) is 89.6 Å². The fourth-order valence-electron chi connectivity index (χ4n) is 2.97. The maximum Gasteiger partial charge on any atom is 0.329 e. The predicted molar refractivity (Wildman–Crippen MR) is 83.3 cm³/mol. The van der Waals surface area contributed by atoms with Crippen LogP contribution in [0.1, 0.15) is 78.1 Å². The van der Waals surface area contributed by atoms with Gasteiger partial charge in [0.2, 0.25) is 0 Å². The van der Waals surface area contributed by atoms with Gasteiger partial charge in [-0.25, -0.2) is 9.59 Å². The summed E-state index contributed by atoms with van der Waals surface area (Å²) in [6.07, 6.45) is 9.20. The van der Waals surface area contributed by atoms with Crippen LogP contribution >= 0.6 is 0 Å². The Labute approximate surface area is 127 Å². The molecule has 0 bridgehead atoms. The first kappa shape index (κ1) is 17.8. The number of carbonyl (C=O) groups excluding carboxylic acids is 1. The number of unbranched alkanes of at least 4 members (excludes halogenated alkanes) is 2. The molecule has 0 radical (unpaired) electrons. The third-order valence-corrected chi connectivity index (χ3v) is 4.34. The van der Waals surface area contributed by atoms with Crippen LogP contribution in [0.3, 0.4) is 0 Å². The Bertz CT molecular complexity index is 336. The first-order valence-electron chi connectivity index (χ1n) is 8.32. The Morgan fingerprint density at radius 2 is 1.76 bits per heavy atom. The molecule has 0 saturated heterocycles. The highest BCUT2D eigenvalue weighted by atomic mass is 16.4. The van der Waals surface area contributed by atoms with Gasteiger partial charge in [-0.3, -0.25) is 0 Å². The molecule has 0 aliphatic heterocycles. The fraction of sp³-hybridized carbons (Fsp3) is 0.875. The van der Waals surface area contributed by atoms with Gasteiger partial charge >= 0.3 is 12.0 Å². The van der Waals surface area contributed by atoms with Gasteiger partial charge in [0.25, 0.3) is 0 Å². The lowest BCUT2D eigenvalue weighted by atomic mass is 9.90. The highest BCUT2D eigenvalue weighted by Crippen LogP contribution is 2.27. The lowest BCUT2D eigenvalue weighted by Gasteiger charge is -2.30. The lowest BCUT2D eigenvalue weighted by Crippen LogP contribution is -2.57. The van der Waals surface area contributed by atoms with Crippen LogP contribution in [0.4, 0.5) is 4.79 Å². The zero-order chi connectivity index (χ0) is 15.7. The zero-order valence-electron chi connectivity index (χ0n) is 13.4. The second-order valence-electron chi connectivity index (χ2n) is 6.30. The van der Waals surface area contributed by atoms with Gasteiger partial charge in [0.1, 0.15) is 5.54 Å². The summed E-state index contributed by atoms with van der Waals surface area (Å²) in [5.74, 6) is -0.904. The number of carboxylic acid groups (broad SMARTS) is 1. The van der Waals surface area contributed by atoms with Crippen molar-refractivity contribution < 1.29 is 14.7 Å². The van der Waals surface area contributed by atoms with Crippen LogP contribution in [-0.4, -0.2) is 28.7 Å². The molecule has 0 aromatic heterocycles. The summed E-state index contributed by atoms with van der Waals surface area (Å²) in [5.41, 5.74) is -1.08. The number of hydrogen-bond donors (Lipinski definition) is 3. The Balaban J connectivity index is 2.50. The largest absolute Gasteiger partial charge is 0.480 e. The highest BCUT2D eigenvalue weighted by molar-refractivity contribution is 5.86. The molecule has 1 atom stereocenters. The molecule has 0 spiro atoms. The van der Waals surface area contributed by atoms with E-state index < -0.39 is 11.5 Å². The molecule has 1 fully saturated rings. The fourth-order valence-corrected chi connectivity index (χ4v) is 2.97. The minimum Gasteiger partial charge on any atom is -0.480 e. The second kappa shape index (κ2) is 8.90. The lowest BCUT2D eigenvalue weighted by molar-refractivity contribution is -0.145. The molecule has 2 amide bonds. The summed E-state index contributed by atoms with van der Waals surface area (Å²) in [4.78, 5) is 23.7. The summed E-state index contributed by atoms with van der Waals surface area (Å²) in [6.45, 7) is 4.11. The number of nitrogens with one attached hydrogen (secondary N) is 2. The van der Waals surface area contributed by atoms with E-state index in [1.54, 1.807) is 0 Å². The van der Waals surface area contributed by atoms with E-state index in [0.29, 0.717) is 12.8 Å². The summed E-state index contributed by atoms with van der Waals surface area (Å²) in [5, 5.41) is 15.1. The first-order valence-corrected chi connectivity index (χ1v) is 8.32. The molecule has 1 unspecified atom stereocenters. The number of carbonyl (C=O) groups is 2. The molecule has 1 aliphatic carbocycles. The van der Waals surface area contributed by atoms with Gasteiger partial charge in [-0.1, -0.05) is 51.9 Å². The van der Waals surface area contributed by atoms with Gasteiger partial charge in [0, 0.05) is 6.04 Å². The quantitative estimate of drug-likeness (QED) is 0.497. The molecule has 1 aliphatic rings. The molecule has 0 aromatic carbocycles. The van der Waals surface area contributed by atoms with Crippen molar-refractivity contribution in [1.82, 2.24) is 10.6 Å². The van der Waals surface area contributed by atoms with E-state index in [-0.39, 0.29) is 12.1 Å². The van der Waals surface area contributed by atoms with Gasteiger partial charge in [-0.15, -0.1) is 0 Å². The second-order valence-corrected chi connectivity index (χ2v) is 6.30. The SMILES string of the molecule is CCCCCC(C)NC(=O)NC1(C(=O)O)CCCCCC1. The monoisotopic (exact) mass is 298 g/mol. The van der Waals surface area contributed by atoms with E-state index in [4.69, 9.17) is 0 Å². The molecule has 122 valence electrons. The van der Waals surface area contributed by atoms with Crippen molar-refractivity contribution in [2.24, 2.45) is 0 Å². The van der Waals surface area contributed by atoms with E-state index >= 15 is 0 Å². The first-order chi connectivity index (χ1) is 10.00. The average Bonchev–Trinajstić information content (AvgIpc) is 2.65. The summed E-state index contributed by atoms with van der Waals surface area (Å²) >= 11 is 0. The number of urea groups is 1. The average molecular weight is 298 g/mol. The predicted octanol–water partition coefficient (Wildman–Crippen LogP) is 3.43. The Kier molecular flexibility index (Phi) is 7.54. The molecule has 1 rings (SSSR count). The molecule has 21 heavy (non-hydrogen) atoms. The van der Waals surface area contributed by atoms with E-state index in [1.165, 1.54) is 0 Å². The number of hydrogen-bond acceptors (Lipinski definition) is 2. The highest BCUT2D eigenvalue weighted by Gasteiger charge is 2.40. The summed E-state index contributed by atoms with van der Waals surface area (Å²) in [6, 6.07) is -0.267. The van der Waals surface area contributed by atoms with Crippen molar-refractivity contribution in [1.29, 1.82) is 0 Å². The van der Waals surface area contributed by atoms with Gasteiger partial charge in [-0.2, -0.15) is 0 Å². The Morgan fingerprint density at radius 1 is 1.14 bits per heavy atom. The minimum absolute atomic E-state index is 0.0770. The Hall–Kier alpha value is -1.26. The smallest absolute Gasteiger partial charge is 0.329 e. The van der Waals surface area contributed by atoms with E-state index in [2.05, 4.69) is 17.6 Å². The van der Waals surface area contributed by atoms with Gasteiger partial charge < -0.3 is 15.7 Å². The molecule has 3 N–H and O–H groups in total. The van der Waals surface area contributed by atoms with Crippen LogP contribution in [0, 0.1) is 0 Å². The van der Waals surface area contributed by atoms with Gasteiger partial charge in [0.05, 0.1) is 0 Å². The topological polar surface area (TPSA) is 78.4 Å². The zero-order valence-corrected chi connectivity index (χ0v) is 13.4. The van der Waals surface area contributed by atoms with Gasteiger partial charge in [-0.05, 0) is 26.2 Å². The summed E-state index contributed by atoms with van der Waals surface area (Å²) < 4.78 is 0. The van der Waals surface area contributed by atoms with Crippen molar-refractivity contribution in [3.8, 4) is 0 Å². The molecular formula is C16H30N2O3. The number of rotatable bonds is 7. The normalized spacial score (nSPS) is 19.3. The van der Waals surface area contributed by atoms with Gasteiger partial charge in [0.15, 0.2) is 0 Å². The molecule has 5 nitrogen and oxygen atoms in total. The van der Waals surface area contributed by atoms with Crippen LogP contribution in [-0.2, 0) is 4.79 Å². The molecule has 0 heterocycles. The van der Waals surface area contributed by atoms with E-state index in [1.807, 2.05) is 6.92 Å². The third kappa shape index (κ3) is 5.94. The van der Waals surface area contributed by atoms with Crippen LogP contribution in [0.25, 0.3) is 0 Å². The van der Waals surface area contributed by atoms with Crippen LogP contribution < -0.4 is 10.6 Å². The minimum atomic E-state index is -1.08. The Morgan fingerprint density at radius 3 is 2.29 bits per heavy atom. The van der Waals surface area contributed by atoms with Crippen LogP contribution in [0.2, 0.25) is 0 Å². The number of amides is 2. The molecule has 5 heteroatoms. The maximum absolute atomic E-state index is 12.1. The molecule has 1 saturated carbocycles. The third-order valence-electron chi connectivity index (χ3n) is 4.34. The van der Waals surface area contributed by atoms with Crippen LogP contribution in [0.5, 0.6) is 0 Å². The molecular weight excluding hydrogens is 268 g/mol. The van der Waals surface area contributed by atoms with E-state index in [0.717, 1.165) is 51.4 Å². The van der Waals surface area contributed by atoms with Crippen LogP contribution in [0.15, 0.2) is 0 Å². The number of aliphatic carboxylic acids is 1.